The van der Waals surface area contributed by atoms with Crippen LogP contribution in [0, 0.1) is 5.41 Å². The highest BCUT2D eigenvalue weighted by Gasteiger charge is 2.47. The van der Waals surface area contributed by atoms with Crippen molar-refractivity contribution in [1.82, 2.24) is 9.80 Å². The molecule has 3 rings (SSSR count). The third-order valence-corrected chi connectivity index (χ3v) is 5.84. The second-order valence-corrected chi connectivity index (χ2v) is 7.71. The second kappa shape index (κ2) is 8.13. The molecule has 0 saturated carbocycles. The number of ether oxygens (including phenoxy) is 3. The van der Waals surface area contributed by atoms with E-state index in [-0.39, 0.29) is 24.0 Å². The van der Waals surface area contributed by atoms with Gasteiger partial charge in [-0.2, -0.15) is 0 Å². The maximum absolute atomic E-state index is 11.8. The molecule has 0 aromatic heterocycles. The average molecular weight is 340 g/mol. The fourth-order valence-corrected chi connectivity index (χ4v) is 4.37. The molecule has 3 aliphatic rings. The van der Waals surface area contributed by atoms with Crippen molar-refractivity contribution < 1.29 is 19.0 Å². The van der Waals surface area contributed by atoms with Crippen molar-refractivity contribution in [3.05, 3.63) is 0 Å². The van der Waals surface area contributed by atoms with E-state index in [9.17, 15) is 4.79 Å². The van der Waals surface area contributed by atoms with E-state index in [1.165, 1.54) is 0 Å². The summed E-state index contributed by atoms with van der Waals surface area (Å²) in [7, 11) is 3.54. The van der Waals surface area contributed by atoms with Gasteiger partial charge in [-0.3, -0.25) is 9.69 Å². The minimum Gasteiger partial charge on any atom is -0.381 e. The van der Waals surface area contributed by atoms with E-state index in [0.717, 1.165) is 65.0 Å². The van der Waals surface area contributed by atoms with Crippen LogP contribution < -0.4 is 0 Å². The zero-order chi connectivity index (χ0) is 17.0. The Balaban J connectivity index is 1.61. The molecular weight excluding hydrogens is 308 g/mol. The van der Waals surface area contributed by atoms with Gasteiger partial charge in [-0.1, -0.05) is 0 Å². The van der Waals surface area contributed by atoms with Gasteiger partial charge in [-0.25, -0.2) is 0 Å². The van der Waals surface area contributed by atoms with E-state index in [1.54, 1.807) is 19.0 Å². The summed E-state index contributed by atoms with van der Waals surface area (Å²) < 4.78 is 17.5. The largest absolute Gasteiger partial charge is 0.381 e. The van der Waals surface area contributed by atoms with Crippen LogP contribution in [0.2, 0.25) is 0 Å². The third kappa shape index (κ3) is 4.10. The standard InChI is InChI=1S/C18H32N2O4/c1-19(2)17(21)12-23-14-18-7-3-9-24-16(18)4-8-20(13-18)15-5-10-22-11-6-15/h15-16H,3-14H2,1-2H3. The number of hydrogen-bond donors (Lipinski definition) is 0. The molecule has 0 bridgehead atoms. The van der Waals surface area contributed by atoms with Gasteiger partial charge in [-0.15, -0.1) is 0 Å². The van der Waals surface area contributed by atoms with E-state index in [1.807, 2.05) is 0 Å². The molecule has 0 radical (unpaired) electrons. The van der Waals surface area contributed by atoms with E-state index in [2.05, 4.69) is 4.90 Å². The van der Waals surface area contributed by atoms with Gasteiger partial charge in [0, 0.05) is 58.5 Å². The zero-order valence-corrected chi connectivity index (χ0v) is 15.2. The minimum absolute atomic E-state index is 0.0248. The summed E-state index contributed by atoms with van der Waals surface area (Å²) in [6, 6.07) is 0.627. The topological polar surface area (TPSA) is 51.2 Å². The SMILES string of the molecule is CN(C)C(=O)COCC12CCCOC1CCN(C1CCOCC1)C2. The van der Waals surface area contributed by atoms with Gasteiger partial charge in [-0.05, 0) is 32.1 Å². The maximum atomic E-state index is 11.8. The normalized spacial score (nSPS) is 32.3. The lowest BCUT2D eigenvalue weighted by Crippen LogP contribution is -2.59. The van der Waals surface area contributed by atoms with Gasteiger partial charge in [0.1, 0.15) is 6.61 Å². The van der Waals surface area contributed by atoms with Gasteiger partial charge in [0.15, 0.2) is 0 Å². The Hall–Kier alpha value is -0.690. The van der Waals surface area contributed by atoms with E-state index < -0.39 is 0 Å². The predicted molar refractivity (Wildman–Crippen MR) is 91.0 cm³/mol. The number of piperidine rings is 1. The Labute approximate surface area is 145 Å². The highest BCUT2D eigenvalue weighted by Crippen LogP contribution is 2.41. The summed E-state index contributed by atoms with van der Waals surface area (Å²) in [4.78, 5) is 16.0. The fourth-order valence-electron chi connectivity index (χ4n) is 4.37. The molecule has 0 aliphatic carbocycles. The van der Waals surface area contributed by atoms with Gasteiger partial charge in [0.25, 0.3) is 0 Å². The summed E-state index contributed by atoms with van der Waals surface area (Å²) >= 11 is 0. The van der Waals surface area contributed by atoms with Crippen molar-refractivity contribution in [3.63, 3.8) is 0 Å². The molecule has 2 unspecified atom stereocenters. The van der Waals surface area contributed by atoms with E-state index in [0.29, 0.717) is 12.6 Å². The molecule has 0 spiro atoms. The zero-order valence-electron chi connectivity index (χ0n) is 15.2. The van der Waals surface area contributed by atoms with Crippen LogP contribution in [0.3, 0.4) is 0 Å². The molecule has 138 valence electrons. The number of fused-ring (bicyclic) bond motifs is 1. The van der Waals surface area contributed by atoms with Crippen molar-refractivity contribution >= 4 is 5.91 Å². The molecule has 3 aliphatic heterocycles. The van der Waals surface area contributed by atoms with Crippen LogP contribution in [0.4, 0.5) is 0 Å². The van der Waals surface area contributed by atoms with Crippen molar-refractivity contribution in [2.45, 2.75) is 44.2 Å². The Morgan fingerprint density at radius 2 is 2.04 bits per heavy atom. The number of likely N-dealkylation sites (tertiary alicyclic amines) is 1. The first-order valence-corrected chi connectivity index (χ1v) is 9.32. The lowest BCUT2D eigenvalue weighted by molar-refractivity contribution is -0.165. The average Bonchev–Trinajstić information content (AvgIpc) is 2.61. The van der Waals surface area contributed by atoms with Gasteiger partial charge in [0.2, 0.25) is 5.91 Å². The summed E-state index contributed by atoms with van der Waals surface area (Å²) in [6.45, 7) is 5.53. The van der Waals surface area contributed by atoms with E-state index >= 15 is 0 Å². The lowest BCUT2D eigenvalue weighted by atomic mass is 9.72. The first kappa shape index (κ1) is 18.1. The van der Waals surface area contributed by atoms with Crippen molar-refractivity contribution in [2.24, 2.45) is 5.41 Å². The van der Waals surface area contributed by atoms with Crippen LogP contribution in [0.1, 0.15) is 32.1 Å². The number of amides is 1. The van der Waals surface area contributed by atoms with Crippen LogP contribution in [0.15, 0.2) is 0 Å². The van der Waals surface area contributed by atoms with Gasteiger partial charge >= 0.3 is 0 Å². The second-order valence-electron chi connectivity index (χ2n) is 7.71. The first-order chi connectivity index (χ1) is 11.6. The summed E-state index contributed by atoms with van der Waals surface area (Å²) in [5.74, 6) is 0.0248. The van der Waals surface area contributed by atoms with Gasteiger partial charge < -0.3 is 19.1 Å². The molecule has 6 nitrogen and oxygen atoms in total. The third-order valence-electron chi connectivity index (χ3n) is 5.84. The Kier molecular flexibility index (Phi) is 6.13. The highest BCUT2D eigenvalue weighted by molar-refractivity contribution is 5.76. The summed E-state index contributed by atoms with van der Waals surface area (Å²) in [5.41, 5.74) is 0.0431. The number of likely N-dealkylation sites (N-methyl/N-ethyl adjacent to an activating group) is 1. The predicted octanol–water partition coefficient (Wildman–Crippen LogP) is 1.14. The fraction of sp³-hybridized carbons (Fsp3) is 0.944. The number of carbonyl (C=O) groups is 1. The van der Waals surface area contributed by atoms with Crippen LogP contribution >= 0.6 is 0 Å². The van der Waals surface area contributed by atoms with E-state index in [4.69, 9.17) is 14.2 Å². The Bertz CT molecular complexity index is 425. The summed E-state index contributed by atoms with van der Waals surface area (Å²) in [6.07, 6.45) is 5.82. The molecule has 6 heteroatoms. The monoisotopic (exact) mass is 340 g/mol. The Morgan fingerprint density at radius 1 is 1.25 bits per heavy atom. The lowest BCUT2D eigenvalue weighted by Gasteiger charge is -2.52. The molecule has 0 N–H and O–H groups in total. The molecule has 0 aromatic rings. The molecule has 0 aromatic carbocycles. The summed E-state index contributed by atoms with van der Waals surface area (Å²) in [5, 5.41) is 0. The van der Waals surface area contributed by atoms with Crippen molar-refractivity contribution in [3.8, 4) is 0 Å². The van der Waals surface area contributed by atoms with Crippen molar-refractivity contribution in [1.29, 1.82) is 0 Å². The van der Waals surface area contributed by atoms with Crippen LogP contribution in [-0.2, 0) is 19.0 Å². The van der Waals surface area contributed by atoms with Crippen LogP contribution in [0.25, 0.3) is 0 Å². The number of hydrogen-bond acceptors (Lipinski definition) is 5. The molecule has 2 atom stereocenters. The van der Waals surface area contributed by atoms with Gasteiger partial charge in [0.05, 0.1) is 12.7 Å². The molecule has 3 fully saturated rings. The molecule has 24 heavy (non-hydrogen) atoms. The Morgan fingerprint density at radius 3 is 2.79 bits per heavy atom. The minimum atomic E-state index is 0.0248. The number of carbonyl (C=O) groups excluding carboxylic acids is 1. The molecule has 3 heterocycles. The van der Waals surface area contributed by atoms with Crippen molar-refractivity contribution in [2.75, 3.05) is 60.2 Å². The number of rotatable bonds is 5. The quantitative estimate of drug-likeness (QED) is 0.751. The molecule has 3 saturated heterocycles. The maximum Gasteiger partial charge on any atom is 0.248 e. The smallest absolute Gasteiger partial charge is 0.248 e. The van der Waals surface area contributed by atoms with Crippen LogP contribution in [-0.4, -0.2) is 88.1 Å². The molecular formula is C18H32N2O4. The molecule has 1 amide bonds. The first-order valence-electron chi connectivity index (χ1n) is 9.32. The van der Waals surface area contributed by atoms with Crippen LogP contribution in [0.5, 0.6) is 0 Å². The highest BCUT2D eigenvalue weighted by atomic mass is 16.5. The number of nitrogens with zero attached hydrogens (tertiary/aromatic N) is 2.